The summed E-state index contributed by atoms with van der Waals surface area (Å²) >= 11 is 0. The van der Waals surface area contributed by atoms with Gasteiger partial charge in [0, 0.05) is 29.9 Å². The monoisotopic (exact) mass is 528 g/mol. The molecule has 0 bridgehead atoms. The zero-order chi connectivity index (χ0) is 27.4. The lowest BCUT2D eigenvalue weighted by Gasteiger charge is -2.12. The highest BCUT2D eigenvalue weighted by Crippen LogP contribution is 2.36. The lowest BCUT2D eigenvalue weighted by atomic mass is 10.2. The van der Waals surface area contributed by atoms with Crippen LogP contribution in [-0.4, -0.2) is 51.5 Å². The minimum atomic E-state index is -0.524. The molecule has 5 rings (SSSR count). The molecule has 1 aromatic carbocycles. The number of carbonyl (C=O) groups is 1. The summed E-state index contributed by atoms with van der Waals surface area (Å²) in [4.78, 5) is 35.9. The van der Waals surface area contributed by atoms with Gasteiger partial charge >= 0.3 is 0 Å². The van der Waals surface area contributed by atoms with Crippen LogP contribution >= 0.6 is 0 Å². The van der Waals surface area contributed by atoms with Gasteiger partial charge in [0.2, 0.25) is 5.56 Å². The maximum atomic E-state index is 13.0. The molecule has 0 fully saturated rings. The molecular formula is C27H24N6O6. The number of nitrogens with one attached hydrogen (secondary N) is 2. The molecule has 0 radical (unpaired) electrons. The number of ether oxygens (including phenoxy) is 4. The molecule has 0 unspecified atom stereocenters. The van der Waals surface area contributed by atoms with Crippen LogP contribution in [0.3, 0.4) is 0 Å². The summed E-state index contributed by atoms with van der Waals surface area (Å²) in [5.74, 6) is 2.14. The van der Waals surface area contributed by atoms with Crippen molar-refractivity contribution in [1.29, 1.82) is 0 Å². The Morgan fingerprint density at radius 2 is 1.82 bits per heavy atom. The second-order valence-electron chi connectivity index (χ2n) is 8.10. The Morgan fingerprint density at radius 1 is 1.00 bits per heavy atom. The maximum absolute atomic E-state index is 13.0. The van der Waals surface area contributed by atoms with Gasteiger partial charge in [0.25, 0.3) is 5.91 Å². The van der Waals surface area contributed by atoms with Crippen molar-refractivity contribution in [3.63, 3.8) is 0 Å². The van der Waals surface area contributed by atoms with Crippen molar-refractivity contribution in [3.05, 3.63) is 83.3 Å². The molecule has 0 saturated carbocycles. The Hall–Kier alpha value is -5.39. The third-order valence-electron chi connectivity index (χ3n) is 5.63. The van der Waals surface area contributed by atoms with Crippen molar-refractivity contribution >= 4 is 22.6 Å². The van der Waals surface area contributed by atoms with Gasteiger partial charge in [-0.05, 0) is 37.3 Å². The van der Waals surface area contributed by atoms with E-state index < -0.39 is 5.91 Å². The van der Waals surface area contributed by atoms with Crippen molar-refractivity contribution in [2.24, 2.45) is 0 Å². The molecule has 0 aliphatic rings. The Kier molecular flexibility index (Phi) is 7.08. The standard InChI is InChI=1S/C27H24N6O6/c1-4-38-23-15-33(16-7-9-29-25(34)11-16)32-26(23)27(35)31-24-6-5-17(14-30-24)39-20-8-10-28-19-13-22(37-3)21(36-2)12-18(19)20/h5-15H,4H2,1-3H3,(H,29,34)(H,30,31,35). The smallest absolute Gasteiger partial charge is 0.281 e. The number of hydrogen-bond acceptors (Lipinski definition) is 9. The number of benzene rings is 1. The lowest BCUT2D eigenvalue weighted by Crippen LogP contribution is -2.15. The Bertz CT molecular complexity index is 1700. The number of nitrogens with zero attached hydrogens (tertiary/aromatic N) is 4. The number of pyridine rings is 3. The van der Waals surface area contributed by atoms with E-state index >= 15 is 0 Å². The molecule has 0 aliphatic carbocycles. The molecule has 198 valence electrons. The summed E-state index contributed by atoms with van der Waals surface area (Å²) in [6.07, 6.45) is 6.16. The first kappa shape index (κ1) is 25.3. The van der Waals surface area contributed by atoms with E-state index in [-0.39, 0.29) is 22.8 Å². The molecule has 0 aliphatic heterocycles. The molecule has 0 saturated heterocycles. The van der Waals surface area contributed by atoms with Crippen LogP contribution in [0.15, 0.2) is 72.0 Å². The fraction of sp³-hybridized carbons (Fsp3) is 0.148. The van der Waals surface area contributed by atoms with Gasteiger partial charge in [-0.25, -0.2) is 9.67 Å². The zero-order valence-electron chi connectivity index (χ0n) is 21.3. The zero-order valence-corrected chi connectivity index (χ0v) is 21.3. The highest BCUT2D eigenvalue weighted by molar-refractivity contribution is 6.04. The Balaban J connectivity index is 1.35. The third kappa shape index (κ3) is 5.34. The minimum Gasteiger partial charge on any atom is -0.493 e. The van der Waals surface area contributed by atoms with Crippen LogP contribution in [0, 0.1) is 0 Å². The van der Waals surface area contributed by atoms with Crippen LogP contribution in [0.1, 0.15) is 17.4 Å². The second-order valence-corrected chi connectivity index (χ2v) is 8.10. The summed E-state index contributed by atoms with van der Waals surface area (Å²) in [5.41, 5.74) is 0.911. The summed E-state index contributed by atoms with van der Waals surface area (Å²) in [5, 5.41) is 7.75. The number of amides is 1. The van der Waals surface area contributed by atoms with Crippen molar-refractivity contribution in [2.45, 2.75) is 6.92 Å². The molecule has 0 atom stereocenters. The molecule has 0 spiro atoms. The number of fused-ring (bicyclic) bond motifs is 1. The van der Waals surface area contributed by atoms with Crippen molar-refractivity contribution in [3.8, 4) is 34.4 Å². The minimum absolute atomic E-state index is 0.0480. The second kappa shape index (κ2) is 10.9. The van der Waals surface area contributed by atoms with Crippen molar-refractivity contribution < 1.29 is 23.7 Å². The molecule has 12 nitrogen and oxygen atoms in total. The van der Waals surface area contributed by atoms with E-state index in [0.717, 1.165) is 5.39 Å². The normalized spacial score (nSPS) is 10.7. The first-order valence-electron chi connectivity index (χ1n) is 11.9. The highest BCUT2D eigenvalue weighted by atomic mass is 16.5. The fourth-order valence-electron chi connectivity index (χ4n) is 3.84. The maximum Gasteiger partial charge on any atom is 0.281 e. The van der Waals surface area contributed by atoms with Gasteiger partial charge in [0.1, 0.15) is 17.3 Å². The summed E-state index contributed by atoms with van der Waals surface area (Å²) < 4.78 is 23.8. The van der Waals surface area contributed by atoms with E-state index in [2.05, 4.69) is 25.4 Å². The molecule has 39 heavy (non-hydrogen) atoms. The summed E-state index contributed by atoms with van der Waals surface area (Å²) in [7, 11) is 3.12. The van der Waals surface area contributed by atoms with Crippen LogP contribution < -0.4 is 29.8 Å². The number of rotatable bonds is 9. The number of H-pyrrole nitrogens is 1. The van der Waals surface area contributed by atoms with Gasteiger partial charge in [-0.15, -0.1) is 0 Å². The van der Waals surface area contributed by atoms with E-state index in [1.165, 1.54) is 23.1 Å². The topological polar surface area (TPSA) is 142 Å². The van der Waals surface area contributed by atoms with Gasteiger partial charge < -0.3 is 29.2 Å². The SMILES string of the molecule is CCOc1cn(-c2cc[nH]c(=O)c2)nc1C(=O)Nc1ccc(Oc2ccnc3cc(OC)c(OC)cc23)cn1. The van der Waals surface area contributed by atoms with E-state index in [1.54, 1.807) is 69.9 Å². The molecule has 1 amide bonds. The molecule has 5 aromatic rings. The first-order chi connectivity index (χ1) is 19.0. The summed E-state index contributed by atoms with van der Waals surface area (Å²) in [6.45, 7) is 2.12. The number of anilines is 1. The highest BCUT2D eigenvalue weighted by Gasteiger charge is 2.20. The molecule has 2 N–H and O–H groups in total. The number of carbonyl (C=O) groups excluding carboxylic acids is 1. The van der Waals surface area contributed by atoms with E-state index in [0.29, 0.717) is 40.8 Å². The Morgan fingerprint density at radius 3 is 2.54 bits per heavy atom. The molecule has 4 aromatic heterocycles. The molecule has 12 heteroatoms. The van der Waals surface area contributed by atoms with Crippen LogP contribution in [-0.2, 0) is 0 Å². The van der Waals surface area contributed by atoms with Crippen molar-refractivity contribution in [2.75, 3.05) is 26.1 Å². The number of aromatic nitrogens is 5. The largest absolute Gasteiger partial charge is 0.493 e. The lowest BCUT2D eigenvalue weighted by molar-refractivity contribution is 0.101. The average Bonchev–Trinajstić information content (AvgIpc) is 3.38. The molecule has 4 heterocycles. The van der Waals surface area contributed by atoms with Crippen LogP contribution in [0.4, 0.5) is 5.82 Å². The fourth-order valence-corrected chi connectivity index (χ4v) is 3.84. The predicted molar refractivity (Wildman–Crippen MR) is 142 cm³/mol. The van der Waals surface area contributed by atoms with E-state index in [4.69, 9.17) is 18.9 Å². The first-order valence-corrected chi connectivity index (χ1v) is 11.9. The quantitative estimate of drug-likeness (QED) is 0.291. The van der Waals surface area contributed by atoms with Crippen molar-refractivity contribution in [1.82, 2.24) is 24.7 Å². The summed E-state index contributed by atoms with van der Waals surface area (Å²) in [6, 6.07) is 11.6. The van der Waals surface area contributed by atoms with Crippen LogP contribution in [0.25, 0.3) is 16.6 Å². The van der Waals surface area contributed by atoms with Gasteiger partial charge in [-0.1, -0.05) is 0 Å². The van der Waals surface area contributed by atoms with Gasteiger partial charge in [-0.2, -0.15) is 5.10 Å². The number of aromatic amines is 1. The average molecular weight is 529 g/mol. The van der Waals surface area contributed by atoms with E-state index in [1.807, 2.05) is 0 Å². The molecular weight excluding hydrogens is 504 g/mol. The van der Waals surface area contributed by atoms with Gasteiger partial charge in [0.05, 0.1) is 44.4 Å². The van der Waals surface area contributed by atoms with E-state index in [9.17, 15) is 9.59 Å². The third-order valence-corrected chi connectivity index (χ3v) is 5.63. The van der Waals surface area contributed by atoms with Crippen LogP contribution in [0.2, 0.25) is 0 Å². The van der Waals surface area contributed by atoms with Gasteiger partial charge in [0.15, 0.2) is 22.9 Å². The Labute approximate surface area is 222 Å². The number of hydrogen-bond donors (Lipinski definition) is 2. The van der Waals surface area contributed by atoms with Crippen LogP contribution in [0.5, 0.6) is 28.7 Å². The number of methoxy groups -OCH3 is 2. The van der Waals surface area contributed by atoms with Gasteiger partial charge in [-0.3, -0.25) is 14.6 Å². The predicted octanol–water partition coefficient (Wildman–Crippen LogP) is 3.96.